The molecule has 0 radical (unpaired) electrons. The molecular weight excluding hydrogens is 398 g/mol. The first-order valence-corrected chi connectivity index (χ1v) is 10.6. The number of oxazole rings is 1. The average molecular weight is 422 g/mol. The molecule has 0 aliphatic heterocycles. The fourth-order valence-corrected chi connectivity index (χ4v) is 3.57. The van der Waals surface area contributed by atoms with Crippen LogP contribution in [-0.4, -0.2) is 19.9 Å². The first-order valence-electron chi connectivity index (χ1n) is 9.65. The molecule has 0 aliphatic carbocycles. The zero-order valence-corrected chi connectivity index (χ0v) is 17.7. The van der Waals surface area contributed by atoms with E-state index in [1.165, 1.54) is 22.0 Å². The van der Waals surface area contributed by atoms with Crippen molar-refractivity contribution in [3.63, 3.8) is 0 Å². The number of hydrogen-bond acceptors (Lipinski definition) is 7. The molecule has 2 N–H and O–H groups in total. The molecule has 0 spiro atoms. The molecular formula is C22H23N5O2S. The molecule has 2 aromatic heterocycles. The van der Waals surface area contributed by atoms with Crippen molar-refractivity contribution >= 4 is 11.8 Å². The summed E-state index contributed by atoms with van der Waals surface area (Å²) in [5, 5.41) is 8.85. The molecule has 4 aromatic rings. The van der Waals surface area contributed by atoms with Crippen molar-refractivity contribution in [2.75, 3.05) is 5.84 Å². The van der Waals surface area contributed by atoms with Crippen LogP contribution in [0.1, 0.15) is 37.0 Å². The Morgan fingerprint density at radius 2 is 1.83 bits per heavy atom. The topological polar surface area (TPSA) is 92.0 Å². The van der Waals surface area contributed by atoms with Crippen LogP contribution in [0.15, 0.2) is 70.4 Å². The Balaban J connectivity index is 1.34. The zero-order valence-electron chi connectivity index (χ0n) is 16.9. The van der Waals surface area contributed by atoms with Gasteiger partial charge in [-0.25, -0.2) is 9.66 Å². The second-order valence-corrected chi connectivity index (χ2v) is 8.00. The van der Waals surface area contributed by atoms with Crippen molar-refractivity contribution in [3.05, 3.63) is 78.1 Å². The van der Waals surface area contributed by atoms with Crippen molar-refractivity contribution in [2.24, 2.45) is 0 Å². The molecule has 0 atom stereocenters. The standard InChI is InChI=1S/C22H23N5O2S/c1-15(2)16-8-10-18(11-9-16)28-13-20-25-26-22(27(20)23)30-14-21-24-12-19(29-21)17-6-4-3-5-7-17/h3-12,15H,13-14,23H2,1-2H3. The van der Waals surface area contributed by atoms with Gasteiger partial charge >= 0.3 is 0 Å². The van der Waals surface area contributed by atoms with E-state index in [1.54, 1.807) is 6.20 Å². The van der Waals surface area contributed by atoms with Gasteiger partial charge in [-0.3, -0.25) is 0 Å². The fourth-order valence-electron chi connectivity index (χ4n) is 2.84. The summed E-state index contributed by atoms with van der Waals surface area (Å²) in [5.41, 5.74) is 2.26. The highest BCUT2D eigenvalue weighted by molar-refractivity contribution is 7.98. The minimum atomic E-state index is 0.238. The lowest BCUT2D eigenvalue weighted by atomic mass is 10.0. The third kappa shape index (κ3) is 4.65. The second kappa shape index (κ2) is 9.04. The van der Waals surface area contributed by atoms with Gasteiger partial charge in [-0.2, -0.15) is 0 Å². The third-order valence-electron chi connectivity index (χ3n) is 4.59. The van der Waals surface area contributed by atoms with Crippen LogP contribution >= 0.6 is 11.8 Å². The SMILES string of the molecule is CC(C)c1ccc(OCc2nnc(SCc3ncc(-c4ccccc4)o3)n2N)cc1. The van der Waals surface area contributed by atoms with Crippen LogP contribution in [0.4, 0.5) is 0 Å². The molecule has 8 heteroatoms. The van der Waals surface area contributed by atoms with Crippen LogP contribution in [0.5, 0.6) is 5.75 Å². The molecule has 0 amide bonds. The molecule has 0 aliphatic rings. The van der Waals surface area contributed by atoms with E-state index in [4.69, 9.17) is 15.0 Å². The highest BCUT2D eigenvalue weighted by atomic mass is 32.2. The van der Waals surface area contributed by atoms with Crippen molar-refractivity contribution in [3.8, 4) is 17.1 Å². The minimum Gasteiger partial charge on any atom is -0.486 e. The molecule has 0 saturated heterocycles. The van der Waals surface area contributed by atoms with Crippen molar-refractivity contribution in [2.45, 2.75) is 37.3 Å². The molecule has 30 heavy (non-hydrogen) atoms. The number of benzene rings is 2. The van der Waals surface area contributed by atoms with Gasteiger partial charge in [0.15, 0.2) is 11.6 Å². The van der Waals surface area contributed by atoms with Gasteiger partial charge in [0.2, 0.25) is 11.0 Å². The summed E-state index contributed by atoms with van der Waals surface area (Å²) in [6.07, 6.45) is 1.72. The lowest BCUT2D eigenvalue weighted by Crippen LogP contribution is -2.15. The summed E-state index contributed by atoms with van der Waals surface area (Å²) in [7, 11) is 0. The van der Waals surface area contributed by atoms with Gasteiger partial charge in [0, 0.05) is 5.56 Å². The number of ether oxygens (including phenoxy) is 1. The van der Waals surface area contributed by atoms with Gasteiger partial charge in [0.05, 0.1) is 11.9 Å². The van der Waals surface area contributed by atoms with E-state index in [0.29, 0.717) is 28.5 Å². The van der Waals surface area contributed by atoms with Crippen LogP contribution in [-0.2, 0) is 12.4 Å². The van der Waals surface area contributed by atoms with E-state index in [0.717, 1.165) is 17.1 Å². The number of rotatable bonds is 8. The first-order chi connectivity index (χ1) is 14.6. The molecule has 2 aromatic carbocycles. The van der Waals surface area contributed by atoms with Crippen LogP contribution in [0.3, 0.4) is 0 Å². The minimum absolute atomic E-state index is 0.238. The molecule has 2 heterocycles. The van der Waals surface area contributed by atoms with Crippen LogP contribution in [0, 0.1) is 0 Å². The van der Waals surface area contributed by atoms with Crippen molar-refractivity contribution in [1.29, 1.82) is 0 Å². The van der Waals surface area contributed by atoms with Gasteiger partial charge in [-0.15, -0.1) is 10.2 Å². The Labute approximate surface area is 179 Å². The monoisotopic (exact) mass is 421 g/mol. The second-order valence-electron chi connectivity index (χ2n) is 7.05. The molecule has 7 nitrogen and oxygen atoms in total. The Hall–Kier alpha value is -3.26. The van der Waals surface area contributed by atoms with E-state index in [-0.39, 0.29) is 6.61 Å². The molecule has 0 fully saturated rings. The van der Waals surface area contributed by atoms with Gasteiger partial charge < -0.3 is 15.0 Å². The highest BCUT2D eigenvalue weighted by Gasteiger charge is 2.13. The number of aromatic nitrogens is 4. The number of hydrogen-bond donors (Lipinski definition) is 1. The van der Waals surface area contributed by atoms with E-state index in [2.05, 4.69) is 41.2 Å². The summed E-state index contributed by atoms with van der Waals surface area (Å²) >= 11 is 1.41. The van der Waals surface area contributed by atoms with Crippen molar-refractivity contribution < 1.29 is 9.15 Å². The molecule has 154 valence electrons. The van der Waals surface area contributed by atoms with E-state index >= 15 is 0 Å². The van der Waals surface area contributed by atoms with E-state index in [1.807, 2.05) is 42.5 Å². The maximum Gasteiger partial charge on any atom is 0.210 e. The summed E-state index contributed by atoms with van der Waals surface area (Å²) in [4.78, 5) is 4.33. The largest absolute Gasteiger partial charge is 0.486 e. The third-order valence-corrected chi connectivity index (χ3v) is 5.51. The Kier molecular flexibility index (Phi) is 6.04. The van der Waals surface area contributed by atoms with Crippen LogP contribution in [0.2, 0.25) is 0 Å². The summed E-state index contributed by atoms with van der Waals surface area (Å²) < 4.78 is 13.0. The predicted octanol–water partition coefficient (Wildman–Crippen LogP) is 4.64. The lowest BCUT2D eigenvalue weighted by molar-refractivity contribution is 0.291. The molecule has 4 rings (SSSR count). The molecule has 0 saturated carbocycles. The van der Waals surface area contributed by atoms with E-state index < -0.39 is 0 Å². The fraction of sp³-hybridized carbons (Fsp3) is 0.227. The Morgan fingerprint density at radius 3 is 2.57 bits per heavy atom. The number of nitrogens with two attached hydrogens (primary N) is 1. The zero-order chi connectivity index (χ0) is 20.9. The van der Waals surface area contributed by atoms with Crippen LogP contribution in [0.25, 0.3) is 11.3 Å². The van der Waals surface area contributed by atoms with Gasteiger partial charge in [0.25, 0.3) is 0 Å². The summed E-state index contributed by atoms with van der Waals surface area (Å²) in [6.45, 7) is 4.56. The number of thioether (sulfide) groups is 1. The smallest absolute Gasteiger partial charge is 0.210 e. The first kappa shape index (κ1) is 20.0. The molecule has 0 unspecified atom stereocenters. The van der Waals surface area contributed by atoms with Gasteiger partial charge in [0.1, 0.15) is 12.4 Å². The average Bonchev–Trinajstić information content (AvgIpc) is 3.38. The van der Waals surface area contributed by atoms with Crippen molar-refractivity contribution in [1.82, 2.24) is 19.9 Å². The van der Waals surface area contributed by atoms with E-state index in [9.17, 15) is 0 Å². The van der Waals surface area contributed by atoms with Crippen LogP contribution < -0.4 is 10.6 Å². The highest BCUT2D eigenvalue weighted by Crippen LogP contribution is 2.25. The van der Waals surface area contributed by atoms with Gasteiger partial charge in [-0.1, -0.05) is 68.1 Å². The number of nitrogens with zero attached hydrogens (tertiary/aromatic N) is 4. The predicted molar refractivity (Wildman–Crippen MR) is 117 cm³/mol. The van der Waals surface area contributed by atoms with Gasteiger partial charge in [-0.05, 0) is 23.6 Å². The quantitative estimate of drug-likeness (QED) is 0.327. The number of nitrogen functional groups attached to an aromatic ring is 1. The maximum absolute atomic E-state index is 6.13. The summed E-state index contributed by atoms with van der Waals surface area (Å²) in [5.74, 6) is 9.76. The molecule has 0 bridgehead atoms. The Morgan fingerprint density at radius 1 is 1.07 bits per heavy atom. The normalized spacial score (nSPS) is 11.2. The lowest BCUT2D eigenvalue weighted by Gasteiger charge is -2.08. The Bertz CT molecular complexity index is 1090. The maximum atomic E-state index is 6.13. The summed E-state index contributed by atoms with van der Waals surface area (Å²) in [6, 6.07) is 17.9.